The number of carbonyl (C=O) groups excluding carboxylic acids is 1. The lowest BCUT2D eigenvalue weighted by molar-refractivity contribution is -0.119. The highest BCUT2D eigenvalue weighted by Gasteiger charge is 2.38. The van der Waals surface area contributed by atoms with E-state index in [4.69, 9.17) is 0 Å². The number of rotatable bonds is 5. The molecule has 0 aromatic heterocycles. The summed E-state index contributed by atoms with van der Waals surface area (Å²) in [6, 6.07) is 1.49. The molecule has 0 radical (unpaired) electrons. The number of nitrogens with zero attached hydrogens (tertiary/aromatic N) is 2. The van der Waals surface area contributed by atoms with Crippen LogP contribution in [0.5, 0.6) is 0 Å². The first kappa shape index (κ1) is 10.5. The van der Waals surface area contributed by atoms with Crippen LogP contribution in [0.15, 0.2) is 5.18 Å². The van der Waals surface area contributed by atoms with E-state index >= 15 is 0 Å². The van der Waals surface area contributed by atoms with Crippen LogP contribution in [-0.2, 0) is 4.79 Å². The van der Waals surface area contributed by atoms with Crippen LogP contribution < -0.4 is 5.32 Å². The Bertz CT molecular complexity index is 237. The van der Waals surface area contributed by atoms with Crippen molar-refractivity contribution in [3.05, 3.63) is 4.91 Å². The summed E-state index contributed by atoms with van der Waals surface area (Å²) in [6.45, 7) is 1.30. The fraction of sp³-hybridized carbons (Fsp3) is 0.900. The van der Waals surface area contributed by atoms with Gasteiger partial charge in [0, 0.05) is 25.2 Å². The van der Waals surface area contributed by atoms with E-state index in [2.05, 4.69) is 15.4 Å². The van der Waals surface area contributed by atoms with Crippen LogP contribution in [0.2, 0.25) is 0 Å². The van der Waals surface area contributed by atoms with E-state index in [1.165, 1.54) is 25.7 Å². The van der Waals surface area contributed by atoms with Crippen molar-refractivity contribution in [3.63, 3.8) is 0 Å². The van der Waals surface area contributed by atoms with Crippen molar-refractivity contribution in [2.24, 2.45) is 5.18 Å². The Labute approximate surface area is 89.2 Å². The zero-order chi connectivity index (χ0) is 10.7. The molecule has 5 heteroatoms. The molecule has 84 valence electrons. The van der Waals surface area contributed by atoms with Crippen LogP contribution in [-0.4, -0.2) is 42.5 Å². The van der Waals surface area contributed by atoms with Crippen molar-refractivity contribution in [2.75, 3.05) is 19.6 Å². The quantitative estimate of drug-likeness (QED) is 0.673. The second-order valence-electron chi connectivity index (χ2n) is 4.34. The fourth-order valence-corrected chi connectivity index (χ4v) is 2.82. The Morgan fingerprint density at radius 2 is 1.87 bits per heavy atom. The lowest BCUT2D eigenvalue weighted by Gasteiger charge is -2.21. The van der Waals surface area contributed by atoms with Gasteiger partial charge in [0.15, 0.2) is 6.54 Å². The zero-order valence-electron chi connectivity index (χ0n) is 8.82. The van der Waals surface area contributed by atoms with Crippen molar-refractivity contribution in [1.82, 2.24) is 10.2 Å². The largest absolute Gasteiger partial charge is 0.353 e. The predicted octanol–water partition coefficient (Wildman–Crippen LogP) is 0.496. The van der Waals surface area contributed by atoms with E-state index in [0.29, 0.717) is 6.54 Å². The second kappa shape index (κ2) is 4.70. The third-order valence-corrected chi connectivity index (χ3v) is 3.50. The molecule has 0 atom stereocenters. The van der Waals surface area contributed by atoms with Gasteiger partial charge < -0.3 is 5.32 Å². The van der Waals surface area contributed by atoms with Gasteiger partial charge in [-0.05, 0) is 25.7 Å². The summed E-state index contributed by atoms with van der Waals surface area (Å²) >= 11 is 0. The third kappa shape index (κ3) is 2.34. The molecule has 2 saturated heterocycles. The van der Waals surface area contributed by atoms with Crippen LogP contribution in [0, 0.1) is 4.91 Å². The average Bonchev–Trinajstić information content (AvgIpc) is 2.78. The molecule has 0 aromatic carbocycles. The van der Waals surface area contributed by atoms with E-state index in [1.54, 1.807) is 0 Å². The molecule has 2 aliphatic rings. The molecule has 0 spiro atoms. The van der Waals surface area contributed by atoms with Crippen LogP contribution >= 0.6 is 0 Å². The normalized spacial score (nSPS) is 29.3. The van der Waals surface area contributed by atoms with Gasteiger partial charge >= 0.3 is 0 Å². The summed E-state index contributed by atoms with van der Waals surface area (Å²) in [5.74, 6) is -0.267. The lowest BCUT2D eigenvalue weighted by Crippen LogP contribution is -2.38. The highest BCUT2D eigenvalue weighted by Crippen LogP contribution is 2.36. The molecule has 0 aromatic rings. The molecule has 2 fully saturated rings. The second-order valence-corrected chi connectivity index (χ2v) is 4.34. The molecule has 2 heterocycles. The van der Waals surface area contributed by atoms with Gasteiger partial charge in [-0.25, -0.2) is 0 Å². The van der Waals surface area contributed by atoms with Gasteiger partial charge in [-0.2, -0.15) is 4.91 Å². The minimum absolute atomic E-state index is 0.257. The summed E-state index contributed by atoms with van der Waals surface area (Å²) in [6.07, 6.45) is 5.26. The van der Waals surface area contributed by atoms with Crippen molar-refractivity contribution >= 4 is 5.91 Å². The number of hydrogen-bond donors (Lipinski definition) is 1. The summed E-state index contributed by atoms with van der Waals surface area (Å²) in [7, 11) is 0. The number of nitroso groups, excluding NO2 is 1. The topological polar surface area (TPSA) is 61.8 Å². The van der Waals surface area contributed by atoms with Crippen molar-refractivity contribution in [1.29, 1.82) is 0 Å². The monoisotopic (exact) mass is 211 g/mol. The SMILES string of the molecule is O=NCC(=O)NCCN1C2CCC1CC2. The molecular formula is C10H17N3O2. The standard InChI is InChI=1S/C10H17N3O2/c14-10(7-12-15)11-5-6-13-8-1-2-9(13)4-3-8/h8-9H,1-7H2,(H,11,14). The molecule has 2 rings (SSSR count). The maximum atomic E-state index is 11.0. The molecule has 0 unspecified atom stereocenters. The minimum Gasteiger partial charge on any atom is -0.353 e. The minimum atomic E-state index is -0.267. The Morgan fingerprint density at radius 3 is 2.40 bits per heavy atom. The summed E-state index contributed by atoms with van der Waals surface area (Å²) in [4.78, 5) is 23.3. The van der Waals surface area contributed by atoms with Crippen molar-refractivity contribution in [2.45, 2.75) is 37.8 Å². The molecule has 5 nitrogen and oxygen atoms in total. The molecule has 1 amide bonds. The predicted molar refractivity (Wildman–Crippen MR) is 56.4 cm³/mol. The fourth-order valence-electron chi connectivity index (χ4n) is 2.82. The van der Waals surface area contributed by atoms with E-state index < -0.39 is 0 Å². The number of amides is 1. The Hall–Kier alpha value is -0.970. The number of fused-ring (bicyclic) bond motifs is 2. The maximum absolute atomic E-state index is 11.0. The van der Waals surface area contributed by atoms with Gasteiger partial charge in [-0.15, -0.1) is 0 Å². The van der Waals surface area contributed by atoms with Crippen molar-refractivity contribution < 1.29 is 4.79 Å². The van der Waals surface area contributed by atoms with Gasteiger partial charge in [-0.3, -0.25) is 9.69 Å². The number of nitrogens with one attached hydrogen (secondary N) is 1. The highest BCUT2D eigenvalue weighted by atomic mass is 16.3. The Morgan fingerprint density at radius 1 is 1.27 bits per heavy atom. The average molecular weight is 211 g/mol. The summed E-state index contributed by atoms with van der Waals surface area (Å²) in [5.41, 5.74) is 0. The molecule has 1 N–H and O–H groups in total. The maximum Gasteiger partial charge on any atom is 0.245 e. The molecule has 2 aliphatic heterocycles. The molecular weight excluding hydrogens is 194 g/mol. The van der Waals surface area contributed by atoms with Crippen LogP contribution in [0.25, 0.3) is 0 Å². The first-order valence-corrected chi connectivity index (χ1v) is 5.63. The Kier molecular flexibility index (Phi) is 3.30. The van der Waals surface area contributed by atoms with Crippen LogP contribution in [0.3, 0.4) is 0 Å². The first-order chi connectivity index (χ1) is 7.31. The van der Waals surface area contributed by atoms with E-state index in [0.717, 1.165) is 18.6 Å². The van der Waals surface area contributed by atoms with Gasteiger partial charge in [-0.1, -0.05) is 5.18 Å². The molecule has 15 heavy (non-hydrogen) atoms. The lowest BCUT2D eigenvalue weighted by atomic mass is 10.0. The van der Waals surface area contributed by atoms with Crippen LogP contribution in [0.1, 0.15) is 25.7 Å². The van der Waals surface area contributed by atoms with Gasteiger partial charge in [0.25, 0.3) is 0 Å². The van der Waals surface area contributed by atoms with E-state index in [1.807, 2.05) is 0 Å². The smallest absolute Gasteiger partial charge is 0.245 e. The van der Waals surface area contributed by atoms with Gasteiger partial charge in [0.05, 0.1) is 0 Å². The summed E-state index contributed by atoms with van der Waals surface area (Å²) < 4.78 is 0. The summed E-state index contributed by atoms with van der Waals surface area (Å²) in [5, 5.41) is 5.26. The molecule has 2 bridgehead atoms. The number of carbonyl (C=O) groups is 1. The van der Waals surface area contributed by atoms with E-state index in [9.17, 15) is 9.70 Å². The Balaban J connectivity index is 1.66. The number of hydrogen-bond acceptors (Lipinski definition) is 4. The molecule has 0 saturated carbocycles. The van der Waals surface area contributed by atoms with Gasteiger partial charge in [0.1, 0.15) is 0 Å². The van der Waals surface area contributed by atoms with Crippen LogP contribution in [0.4, 0.5) is 0 Å². The zero-order valence-corrected chi connectivity index (χ0v) is 8.82. The molecule has 0 aliphatic carbocycles. The van der Waals surface area contributed by atoms with Gasteiger partial charge in [0.2, 0.25) is 5.91 Å². The highest BCUT2D eigenvalue weighted by molar-refractivity contribution is 5.78. The third-order valence-electron chi connectivity index (χ3n) is 3.50. The first-order valence-electron chi connectivity index (χ1n) is 5.63. The van der Waals surface area contributed by atoms with E-state index in [-0.39, 0.29) is 12.5 Å². The van der Waals surface area contributed by atoms with Crippen molar-refractivity contribution in [3.8, 4) is 0 Å².